The summed E-state index contributed by atoms with van der Waals surface area (Å²) in [5.41, 5.74) is 3.49. The van der Waals surface area contributed by atoms with Crippen molar-refractivity contribution >= 4 is 11.6 Å². The van der Waals surface area contributed by atoms with Crippen LogP contribution in [0.25, 0.3) is 0 Å². The molecular weight excluding hydrogens is 342 g/mol. The first-order valence-corrected chi connectivity index (χ1v) is 9.78. The molecule has 1 aromatic carbocycles. The van der Waals surface area contributed by atoms with Gasteiger partial charge in [0.2, 0.25) is 0 Å². The molecule has 1 N–H and O–H groups in total. The van der Waals surface area contributed by atoms with Crippen LogP contribution >= 0.6 is 0 Å². The molecule has 27 heavy (non-hydrogen) atoms. The number of nitrogens with one attached hydrogen (secondary N) is 1. The van der Waals surface area contributed by atoms with Gasteiger partial charge in [0.25, 0.3) is 5.91 Å². The second-order valence-electron chi connectivity index (χ2n) is 7.49. The summed E-state index contributed by atoms with van der Waals surface area (Å²) in [5, 5.41) is 2.95. The number of anilines is 1. The normalized spacial score (nSPS) is 17.4. The molecule has 0 spiro atoms. The van der Waals surface area contributed by atoms with Gasteiger partial charge in [0.15, 0.2) is 0 Å². The molecule has 1 saturated heterocycles. The van der Waals surface area contributed by atoms with Crippen LogP contribution in [0.2, 0.25) is 0 Å². The number of aryl methyl sites for hydroxylation is 2. The lowest BCUT2D eigenvalue weighted by molar-refractivity contribution is 0.0796. The van der Waals surface area contributed by atoms with Gasteiger partial charge in [-0.2, -0.15) is 0 Å². The van der Waals surface area contributed by atoms with Crippen molar-refractivity contribution < 1.29 is 13.9 Å². The third-order valence-corrected chi connectivity index (χ3v) is 5.66. The molecule has 1 aromatic heterocycles. The van der Waals surface area contributed by atoms with E-state index in [1.54, 1.807) is 6.92 Å². The largest absolute Gasteiger partial charge is 0.427 e. The van der Waals surface area contributed by atoms with E-state index in [4.69, 9.17) is 9.15 Å². The summed E-state index contributed by atoms with van der Waals surface area (Å²) in [6.45, 7) is 3.15. The highest BCUT2D eigenvalue weighted by molar-refractivity contribution is 6.05. The van der Waals surface area contributed by atoms with Crippen LogP contribution in [-0.4, -0.2) is 19.1 Å². The minimum absolute atomic E-state index is 0.0965. The molecule has 2 aromatic rings. The van der Waals surface area contributed by atoms with Crippen molar-refractivity contribution in [1.82, 2.24) is 0 Å². The second-order valence-corrected chi connectivity index (χ2v) is 7.49. The third-order valence-electron chi connectivity index (χ3n) is 5.66. The predicted molar refractivity (Wildman–Crippen MR) is 104 cm³/mol. The summed E-state index contributed by atoms with van der Waals surface area (Å²) in [7, 11) is 0. The molecule has 0 atom stereocenters. The van der Waals surface area contributed by atoms with E-state index in [0.29, 0.717) is 24.5 Å². The molecule has 2 aliphatic rings. The zero-order chi connectivity index (χ0) is 18.8. The number of carbonyl (C=O) groups is 1. The van der Waals surface area contributed by atoms with Crippen LogP contribution in [0.15, 0.2) is 33.5 Å². The van der Waals surface area contributed by atoms with Gasteiger partial charge in [-0.15, -0.1) is 0 Å². The Labute approximate surface area is 158 Å². The van der Waals surface area contributed by atoms with E-state index >= 15 is 0 Å². The number of hydrogen-bond donors (Lipinski definition) is 1. The SMILES string of the molecule is Cc1cc(C2CCOCC2)oc(=O)c1C(=O)Nc1cccc2c1CCCC2. The Morgan fingerprint density at radius 3 is 2.70 bits per heavy atom. The third kappa shape index (κ3) is 3.69. The second kappa shape index (κ2) is 7.69. The van der Waals surface area contributed by atoms with Crippen LogP contribution in [0, 0.1) is 6.92 Å². The van der Waals surface area contributed by atoms with Crippen LogP contribution in [0.3, 0.4) is 0 Å². The lowest BCUT2D eigenvalue weighted by atomic mass is 9.90. The number of amides is 1. The molecule has 0 bridgehead atoms. The lowest BCUT2D eigenvalue weighted by Crippen LogP contribution is -2.25. The van der Waals surface area contributed by atoms with Gasteiger partial charge >= 0.3 is 5.63 Å². The van der Waals surface area contributed by atoms with E-state index in [1.807, 2.05) is 18.2 Å². The van der Waals surface area contributed by atoms with Crippen LogP contribution in [0.1, 0.15) is 64.4 Å². The fourth-order valence-corrected chi connectivity index (χ4v) is 4.17. The Morgan fingerprint density at radius 2 is 1.93 bits per heavy atom. The van der Waals surface area contributed by atoms with Crippen molar-refractivity contribution in [1.29, 1.82) is 0 Å². The summed E-state index contributed by atoms with van der Waals surface area (Å²) in [4.78, 5) is 25.4. The maximum Gasteiger partial charge on any atom is 0.349 e. The van der Waals surface area contributed by atoms with Gasteiger partial charge in [0.05, 0.1) is 0 Å². The number of benzene rings is 1. The number of fused-ring (bicyclic) bond motifs is 1. The minimum atomic E-state index is -0.557. The van der Waals surface area contributed by atoms with Crippen molar-refractivity contribution in [2.24, 2.45) is 0 Å². The number of rotatable bonds is 3. The fourth-order valence-electron chi connectivity index (χ4n) is 4.17. The highest BCUT2D eigenvalue weighted by Gasteiger charge is 2.23. The first-order valence-electron chi connectivity index (χ1n) is 9.78. The molecule has 0 unspecified atom stereocenters. The Morgan fingerprint density at radius 1 is 1.15 bits per heavy atom. The molecule has 142 valence electrons. The van der Waals surface area contributed by atoms with Gasteiger partial charge in [-0.05, 0) is 74.3 Å². The van der Waals surface area contributed by atoms with Crippen molar-refractivity contribution in [3.63, 3.8) is 0 Å². The molecular formula is C22H25NO4. The zero-order valence-corrected chi connectivity index (χ0v) is 15.7. The Bertz CT molecular complexity index is 909. The van der Waals surface area contributed by atoms with Crippen LogP contribution in [0.4, 0.5) is 5.69 Å². The quantitative estimate of drug-likeness (QED) is 0.891. The van der Waals surface area contributed by atoms with Crippen molar-refractivity contribution in [2.45, 2.75) is 51.4 Å². The maximum absolute atomic E-state index is 12.8. The van der Waals surface area contributed by atoms with Crippen LogP contribution in [0.5, 0.6) is 0 Å². The molecule has 2 heterocycles. The summed E-state index contributed by atoms with van der Waals surface area (Å²) in [6.07, 6.45) is 5.98. The highest BCUT2D eigenvalue weighted by Crippen LogP contribution is 2.29. The average Bonchev–Trinajstić information content (AvgIpc) is 2.68. The van der Waals surface area contributed by atoms with Gasteiger partial charge in [0.1, 0.15) is 11.3 Å². The predicted octanol–water partition coefficient (Wildman–Crippen LogP) is 3.97. The summed E-state index contributed by atoms with van der Waals surface area (Å²) >= 11 is 0. The van der Waals surface area contributed by atoms with Crippen molar-refractivity contribution in [3.8, 4) is 0 Å². The highest BCUT2D eigenvalue weighted by atomic mass is 16.5. The molecule has 0 saturated carbocycles. The van der Waals surface area contributed by atoms with Crippen LogP contribution < -0.4 is 10.9 Å². The Balaban J connectivity index is 1.60. The average molecular weight is 367 g/mol. The van der Waals surface area contributed by atoms with E-state index < -0.39 is 11.5 Å². The lowest BCUT2D eigenvalue weighted by Gasteiger charge is -2.21. The Hall–Kier alpha value is -2.40. The summed E-state index contributed by atoms with van der Waals surface area (Å²) < 4.78 is 10.9. The molecule has 5 heteroatoms. The van der Waals surface area contributed by atoms with Gasteiger partial charge in [-0.1, -0.05) is 12.1 Å². The molecule has 1 amide bonds. The topological polar surface area (TPSA) is 68.5 Å². The molecule has 5 nitrogen and oxygen atoms in total. The van der Waals surface area contributed by atoms with E-state index in [2.05, 4.69) is 11.4 Å². The first-order chi connectivity index (χ1) is 13.1. The van der Waals surface area contributed by atoms with Gasteiger partial charge < -0.3 is 14.5 Å². The van der Waals surface area contributed by atoms with Crippen LogP contribution in [-0.2, 0) is 17.6 Å². The van der Waals surface area contributed by atoms with E-state index in [9.17, 15) is 9.59 Å². The molecule has 4 rings (SSSR count). The zero-order valence-electron chi connectivity index (χ0n) is 15.7. The minimum Gasteiger partial charge on any atom is -0.427 e. The smallest absolute Gasteiger partial charge is 0.349 e. The number of carbonyl (C=O) groups excluding carboxylic acids is 1. The molecule has 0 radical (unpaired) electrons. The number of ether oxygens (including phenoxy) is 1. The summed E-state index contributed by atoms with van der Waals surface area (Å²) in [5.74, 6) is 0.455. The van der Waals surface area contributed by atoms with Crippen molar-refractivity contribution in [2.75, 3.05) is 18.5 Å². The Kier molecular flexibility index (Phi) is 5.12. The number of hydrogen-bond acceptors (Lipinski definition) is 4. The van der Waals surface area contributed by atoms with Gasteiger partial charge in [-0.25, -0.2) is 4.79 Å². The van der Waals surface area contributed by atoms with Crippen molar-refractivity contribution in [3.05, 3.63) is 62.7 Å². The molecule has 1 fully saturated rings. The molecule has 1 aliphatic carbocycles. The monoisotopic (exact) mass is 367 g/mol. The maximum atomic E-state index is 12.8. The standard InChI is InChI=1S/C22H25NO4/c1-14-13-19(16-9-11-26-12-10-16)27-22(25)20(14)21(24)23-18-8-4-6-15-5-2-3-7-17(15)18/h4,6,8,13,16H,2-3,5,7,9-12H2,1H3,(H,23,24). The van der Waals surface area contributed by atoms with Gasteiger partial charge in [0, 0.05) is 24.8 Å². The first kappa shape index (κ1) is 18.0. The van der Waals surface area contributed by atoms with E-state index in [1.165, 1.54) is 17.5 Å². The van der Waals surface area contributed by atoms with Gasteiger partial charge in [-0.3, -0.25) is 4.79 Å². The summed E-state index contributed by atoms with van der Waals surface area (Å²) in [6, 6.07) is 7.83. The fraction of sp³-hybridized carbons (Fsp3) is 0.455. The molecule has 1 aliphatic heterocycles. The van der Waals surface area contributed by atoms with E-state index in [0.717, 1.165) is 37.8 Å². The van der Waals surface area contributed by atoms with E-state index in [-0.39, 0.29) is 11.5 Å².